The van der Waals surface area contributed by atoms with Crippen LogP contribution in [0, 0.1) is 0 Å². The van der Waals surface area contributed by atoms with Crippen LogP contribution < -0.4 is 4.74 Å². The summed E-state index contributed by atoms with van der Waals surface area (Å²) in [5, 5.41) is 0. The van der Waals surface area contributed by atoms with Crippen LogP contribution in [0.1, 0.15) is 29.9 Å². The van der Waals surface area contributed by atoms with E-state index in [0.717, 1.165) is 37.1 Å². The molecule has 1 fully saturated rings. The summed E-state index contributed by atoms with van der Waals surface area (Å²) in [7, 11) is -3.43. The predicted octanol–water partition coefficient (Wildman–Crippen LogP) is 4.42. The molecule has 0 aromatic heterocycles. The molecule has 0 spiro atoms. The number of fused-ring (bicyclic) bond motifs is 1. The van der Waals surface area contributed by atoms with Gasteiger partial charge in [-0.1, -0.05) is 18.2 Å². The maximum atomic E-state index is 12.8. The summed E-state index contributed by atoms with van der Waals surface area (Å²) in [6, 6.07) is 11.7. The molecule has 154 valence electrons. The van der Waals surface area contributed by atoms with Crippen molar-refractivity contribution in [3.63, 3.8) is 0 Å². The second kappa shape index (κ2) is 7.37. The maximum absolute atomic E-state index is 12.8. The average molecular weight is 424 g/mol. The molecule has 1 saturated heterocycles. The molecule has 0 saturated carbocycles. The molecule has 1 atom stereocenters. The molecule has 4 rings (SSSR count). The van der Waals surface area contributed by atoms with Gasteiger partial charge in [0.2, 0.25) is 0 Å². The molecule has 29 heavy (non-hydrogen) atoms. The standard InChI is InChI=1S/C20H19F3N2O3S/c21-20(22,23)15-3-1-4-17(13-15)28-16-8-6-14(7-9-16)18-5-2-10-25-11-12-29(26,27)24-19(18)25/h1,3-4,6-9,13,18H,2,5,10-12H2. The van der Waals surface area contributed by atoms with Gasteiger partial charge < -0.3 is 9.64 Å². The fourth-order valence-corrected chi connectivity index (χ4v) is 4.74. The number of benzene rings is 2. The lowest BCUT2D eigenvalue weighted by atomic mass is 9.89. The maximum Gasteiger partial charge on any atom is 0.416 e. The van der Waals surface area contributed by atoms with E-state index < -0.39 is 21.8 Å². The highest BCUT2D eigenvalue weighted by Crippen LogP contribution is 2.35. The number of sulfonamides is 1. The van der Waals surface area contributed by atoms with Gasteiger partial charge in [0, 0.05) is 19.0 Å². The first-order valence-electron chi connectivity index (χ1n) is 9.24. The Morgan fingerprint density at radius 2 is 1.79 bits per heavy atom. The van der Waals surface area contributed by atoms with Crippen molar-refractivity contribution in [1.29, 1.82) is 0 Å². The van der Waals surface area contributed by atoms with E-state index in [1.165, 1.54) is 12.1 Å². The van der Waals surface area contributed by atoms with Crippen molar-refractivity contribution >= 4 is 15.9 Å². The monoisotopic (exact) mass is 424 g/mol. The molecule has 0 N–H and O–H groups in total. The van der Waals surface area contributed by atoms with Crippen molar-refractivity contribution in [1.82, 2.24) is 4.90 Å². The van der Waals surface area contributed by atoms with Crippen LogP contribution in [-0.4, -0.2) is 38.0 Å². The first-order chi connectivity index (χ1) is 13.7. The highest BCUT2D eigenvalue weighted by Gasteiger charge is 2.33. The van der Waals surface area contributed by atoms with E-state index in [9.17, 15) is 21.6 Å². The van der Waals surface area contributed by atoms with Crippen LogP contribution in [0.5, 0.6) is 11.5 Å². The third kappa shape index (κ3) is 4.39. The van der Waals surface area contributed by atoms with Crippen molar-refractivity contribution in [3.05, 3.63) is 59.7 Å². The van der Waals surface area contributed by atoms with E-state index in [1.807, 2.05) is 4.90 Å². The van der Waals surface area contributed by atoms with Gasteiger partial charge in [0.15, 0.2) is 0 Å². The summed E-state index contributed by atoms with van der Waals surface area (Å²) in [6.45, 7) is 1.25. The molecule has 0 aliphatic carbocycles. The highest BCUT2D eigenvalue weighted by molar-refractivity contribution is 7.90. The Balaban J connectivity index is 1.55. The molecule has 5 nitrogen and oxygen atoms in total. The predicted molar refractivity (Wildman–Crippen MR) is 103 cm³/mol. The number of nitrogens with zero attached hydrogens (tertiary/aromatic N) is 2. The Morgan fingerprint density at radius 3 is 2.52 bits per heavy atom. The number of halogens is 3. The Bertz CT molecular complexity index is 1030. The highest BCUT2D eigenvalue weighted by atomic mass is 32.2. The number of rotatable bonds is 3. The van der Waals surface area contributed by atoms with Crippen molar-refractivity contribution in [3.8, 4) is 11.5 Å². The molecule has 2 heterocycles. The first-order valence-corrected chi connectivity index (χ1v) is 10.8. The smallest absolute Gasteiger partial charge is 0.416 e. The van der Waals surface area contributed by atoms with E-state index >= 15 is 0 Å². The minimum absolute atomic E-state index is 0.0347. The second-order valence-corrected chi connectivity index (χ2v) is 8.87. The summed E-state index contributed by atoms with van der Waals surface area (Å²) in [6.07, 6.45) is -2.71. The normalized spacial score (nSPS) is 21.3. The van der Waals surface area contributed by atoms with Crippen LogP contribution in [0.4, 0.5) is 13.2 Å². The molecule has 0 amide bonds. The van der Waals surface area contributed by atoms with Crippen LogP contribution in [-0.2, 0) is 16.2 Å². The van der Waals surface area contributed by atoms with Crippen molar-refractivity contribution in [2.45, 2.75) is 24.9 Å². The van der Waals surface area contributed by atoms with Gasteiger partial charge in [-0.3, -0.25) is 0 Å². The van der Waals surface area contributed by atoms with Crippen molar-refractivity contribution in [2.75, 3.05) is 18.8 Å². The minimum atomic E-state index is -4.43. The lowest BCUT2D eigenvalue weighted by molar-refractivity contribution is -0.137. The van der Waals surface area contributed by atoms with Gasteiger partial charge in [-0.05, 0) is 48.7 Å². The molecule has 2 aliphatic heterocycles. The van der Waals surface area contributed by atoms with E-state index in [1.54, 1.807) is 24.3 Å². The molecule has 9 heteroatoms. The van der Waals surface area contributed by atoms with Gasteiger partial charge in [0.05, 0.1) is 11.3 Å². The van der Waals surface area contributed by atoms with Crippen LogP contribution in [0.3, 0.4) is 0 Å². The zero-order valence-corrected chi connectivity index (χ0v) is 16.2. The Labute approximate surface area is 166 Å². The zero-order chi connectivity index (χ0) is 20.6. The van der Waals surface area contributed by atoms with E-state index in [-0.39, 0.29) is 17.4 Å². The molecule has 2 aromatic rings. The molecule has 1 unspecified atom stereocenters. The Hall–Kier alpha value is -2.55. The van der Waals surface area contributed by atoms with Gasteiger partial charge in [0.1, 0.15) is 17.3 Å². The number of hydrogen-bond acceptors (Lipinski definition) is 4. The van der Waals surface area contributed by atoms with Crippen LogP contribution in [0.25, 0.3) is 0 Å². The first kappa shape index (κ1) is 19.8. The summed E-state index contributed by atoms with van der Waals surface area (Å²) in [5.74, 6) is 0.987. The van der Waals surface area contributed by atoms with E-state index in [2.05, 4.69) is 4.40 Å². The van der Waals surface area contributed by atoms with Gasteiger partial charge in [-0.25, -0.2) is 8.42 Å². The molecular formula is C20H19F3N2O3S. The van der Waals surface area contributed by atoms with E-state index in [4.69, 9.17) is 4.74 Å². The van der Waals surface area contributed by atoms with E-state index in [0.29, 0.717) is 18.1 Å². The zero-order valence-electron chi connectivity index (χ0n) is 15.4. The average Bonchev–Trinajstić information content (AvgIpc) is 2.67. The van der Waals surface area contributed by atoms with Crippen LogP contribution in [0.15, 0.2) is 52.9 Å². The molecule has 2 aromatic carbocycles. The Morgan fingerprint density at radius 1 is 1.03 bits per heavy atom. The number of amidine groups is 1. The largest absolute Gasteiger partial charge is 0.457 e. The quantitative estimate of drug-likeness (QED) is 0.732. The molecule has 0 bridgehead atoms. The van der Waals surface area contributed by atoms with Gasteiger partial charge in [-0.2, -0.15) is 13.2 Å². The number of piperidine rings is 1. The summed E-state index contributed by atoms with van der Waals surface area (Å²) in [4.78, 5) is 2.02. The minimum Gasteiger partial charge on any atom is -0.457 e. The lowest BCUT2D eigenvalue weighted by Gasteiger charge is -2.37. The summed E-state index contributed by atoms with van der Waals surface area (Å²) < 4.78 is 71.9. The van der Waals surface area contributed by atoms with Gasteiger partial charge >= 0.3 is 6.18 Å². The summed E-state index contributed by atoms with van der Waals surface area (Å²) >= 11 is 0. The SMILES string of the molecule is O=S1(=O)CCN2CCCC(c3ccc(Oc4cccc(C(F)(F)F)c4)cc3)C2=N1. The molecular weight excluding hydrogens is 405 g/mol. The number of hydrogen-bond donors (Lipinski definition) is 0. The fraction of sp³-hybridized carbons (Fsp3) is 0.350. The third-order valence-electron chi connectivity index (χ3n) is 5.09. The van der Waals surface area contributed by atoms with Crippen molar-refractivity contribution in [2.24, 2.45) is 4.40 Å². The van der Waals surface area contributed by atoms with Gasteiger partial charge in [0.25, 0.3) is 10.0 Å². The molecule has 0 radical (unpaired) electrons. The van der Waals surface area contributed by atoms with Crippen molar-refractivity contribution < 1.29 is 26.3 Å². The Kier molecular flexibility index (Phi) is 5.02. The third-order valence-corrected chi connectivity index (χ3v) is 6.25. The van der Waals surface area contributed by atoms with Crippen LogP contribution in [0.2, 0.25) is 0 Å². The second-order valence-electron chi connectivity index (χ2n) is 7.11. The lowest BCUT2D eigenvalue weighted by Crippen LogP contribution is -2.46. The topological polar surface area (TPSA) is 59.0 Å². The van der Waals surface area contributed by atoms with Crippen LogP contribution >= 0.6 is 0 Å². The summed E-state index contributed by atoms with van der Waals surface area (Å²) in [5.41, 5.74) is 0.132. The fourth-order valence-electron chi connectivity index (χ4n) is 3.67. The molecule has 2 aliphatic rings. The number of ether oxygens (including phenoxy) is 1. The van der Waals surface area contributed by atoms with Gasteiger partial charge in [-0.15, -0.1) is 4.40 Å². The number of alkyl halides is 3.